The molecule has 0 aliphatic rings. The molecule has 2 rings (SSSR count). The molecule has 2 aromatic rings. The van der Waals surface area contributed by atoms with Crippen LogP contribution >= 0.6 is 0 Å². The number of unbranched alkanes of at least 4 members (excludes halogenated alkanes) is 2. The van der Waals surface area contributed by atoms with Gasteiger partial charge >= 0.3 is 0 Å². The van der Waals surface area contributed by atoms with Gasteiger partial charge in [-0.25, -0.2) is 0 Å². The van der Waals surface area contributed by atoms with Crippen LogP contribution in [0.3, 0.4) is 0 Å². The monoisotopic (exact) mass is 441 g/mol. The first-order valence-corrected chi connectivity index (χ1v) is 12.3. The van der Waals surface area contributed by atoms with Crippen molar-refractivity contribution in [2.24, 2.45) is 0 Å². The minimum absolute atomic E-state index is 0.255. The lowest BCUT2D eigenvalue weighted by Crippen LogP contribution is -1.99. The second-order valence-electron chi connectivity index (χ2n) is 7.34. The molecule has 2 nitrogen and oxygen atoms in total. The van der Waals surface area contributed by atoms with Crippen LogP contribution in [0.4, 0.5) is 5.69 Å². The van der Waals surface area contributed by atoms with Gasteiger partial charge in [0.2, 0.25) is 0 Å². The molecule has 0 aromatic heterocycles. The molecule has 2 aromatic carbocycles. The van der Waals surface area contributed by atoms with Crippen LogP contribution in [-0.2, 0) is 4.79 Å². The summed E-state index contributed by atoms with van der Waals surface area (Å²) in [6.45, 7) is 24.4. The first-order valence-electron chi connectivity index (χ1n) is 12.3. The van der Waals surface area contributed by atoms with Gasteiger partial charge in [-0.3, -0.25) is 0 Å². The van der Waals surface area contributed by atoms with E-state index in [2.05, 4.69) is 89.8 Å². The van der Waals surface area contributed by atoms with Crippen LogP contribution in [0, 0.1) is 13.8 Å². The van der Waals surface area contributed by atoms with Gasteiger partial charge in [-0.05, 0) is 44.0 Å². The lowest BCUT2D eigenvalue weighted by molar-refractivity contribution is -0.116. The minimum atomic E-state index is 0.255. The zero-order valence-electron chi connectivity index (χ0n) is 22.8. The molecule has 2 heteroatoms. The molecule has 1 N–H and O–H groups in total. The van der Waals surface area contributed by atoms with Crippen molar-refractivity contribution in [1.82, 2.24) is 0 Å². The van der Waals surface area contributed by atoms with Crippen molar-refractivity contribution in [3.63, 3.8) is 0 Å². The fourth-order valence-electron chi connectivity index (χ4n) is 1.78. The number of para-hydroxylation sites is 1. The van der Waals surface area contributed by atoms with Crippen molar-refractivity contribution in [2.45, 2.75) is 101 Å². The average Bonchev–Trinajstić information content (AvgIpc) is 2.82. The summed E-state index contributed by atoms with van der Waals surface area (Å²) in [6, 6.07) is 16.6. The molecular weight excluding hydrogens is 390 g/mol. The quantitative estimate of drug-likeness (QED) is 0.483. The van der Waals surface area contributed by atoms with Crippen LogP contribution in [0.5, 0.6) is 0 Å². The molecule has 32 heavy (non-hydrogen) atoms. The fourth-order valence-corrected chi connectivity index (χ4v) is 1.78. The maximum atomic E-state index is 9.81. The smallest absolute Gasteiger partial charge is 0.129 e. The Kier molecular flexibility index (Phi) is 26.7. The van der Waals surface area contributed by atoms with E-state index < -0.39 is 0 Å². The maximum absolute atomic E-state index is 9.81. The topological polar surface area (TPSA) is 29.1 Å². The van der Waals surface area contributed by atoms with E-state index in [0.717, 1.165) is 16.9 Å². The Morgan fingerprint density at radius 2 is 1.28 bits per heavy atom. The van der Waals surface area contributed by atoms with Crippen LogP contribution < -0.4 is 5.32 Å². The van der Waals surface area contributed by atoms with Crippen LogP contribution in [0.2, 0.25) is 0 Å². The molecule has 0 heterocycles. The van der Waals surface area contributed by atoms with Gasteiger partial charge in [0.05, 0.1) is 0 Å². The van der Waals surface area contributed by atoms with Crippen molar-refractivity contribution in [3.05, 3.63) is 71.8 Å². The zero-order valence-corrected chi connectivity index (χ0v) is 22.8. The predicted molar refractivity (Wildman–Crippen MR) is 148 cm³/mol. The molecule has 0 bridgehead atoms. The highest BCUT2D eigenvalue weighted by Crippen LogP contribution is 2.20. The van der Waals surface area contributed by atoms with Crippen LogP contribution in [0.1, 0.15) is 104 Å². The number of benzene rings is 2. The lowest BCUT2D eigenvalue weighted by Gasteiger charge is -2.12. The largest absolute Gasteiger partial charge is 0.355 e. The van der Waals surface area contributed by atoms with E-state index >= 15 is 0 Å². The predicted octanol–water partition coefficient (Wildman–Crippen LogP) is 10.0. The third-order valence-corrected chi connectivity index (χ3v) is 4.30. The van der Waals surface area contributed by atoms with E-state index in [1.165, 1.54) is 36.8 Å². The average molecular weight is 442 g/mol. The number of anilines is 1. The number of ketones is 1. The van der Waals surface area contributed by atoms with Crippen molar-refractivity contribution in [3.8, 4) is 0 Å². The standard InChI is InChI=1S/C16H17N.C4H8O.2C4H10.C2H6/c1-12-7-6-9-15(11-12)14(3)17-16-10-5-4-8-13(16)2;1-3-4(2)5;2*1-3-4-2;1-2/h4-11,17H,3H2,1-2H3;3H2,1-2H3;2*3-4H2,1-2H3;1-2H3. The van der Waals surface area contributed by atoms with Gasteiger partial charge in [0.25, 0.3) is 0 Å². The van der Waals surface area contributed by atoms with Gasteiger partial charge in [0.1, 0.15) is 5.78 Å². The summed E-state index contributed by atoms with van der Waals surface area (Å²) in [6.07, 6.45) is 5.94. The van der Waals surface area contributed by atoms with Gasteiger partial charge in [-0.1, -0.05) is 123 Å². The highest BCUT2D eigenvalue weighted by Gasteiger charge is 2.01. The van der Waals surface area contributed by atoms with E-state index in [-0.39, 0.29) is 5.78 Å². The number of carbonyl (C=O) groups excluding carboxylic acids is 1. The lowest BCUT2D eigenvalue weighted by atomic mass is 10.1. The van der Waals surface area contributed by atoms with Gasteiger partial charge in [-0.15, -0.1) is 0 Å². The summed E-state index contributed by atoms with van der Waals surface area (Å²) in [5.41, 5.74) is 5.65. The molecule has 0 unspecified atom stereocenters. The molecule has 0 radical (unpaired) electrons. The molecule has 0 atom stereocenters. The normalized spacial score (nSPS) is 8.56. The first kappa shape index (κ1) is 34.3. The summed E-state index contributed by atoms with van der Waals surface area (Å²) >= 11 is 0. The van der Waals surface area contributed by atoms with Crippen molar-refractivity contribution < 1.29 is 4.79 Å². The first-order chi connectivity index (χ1) is 15.3. The molecular formula is C30H51NO. The molecule has 0 fully saturated rings. The number of hydrogen-bond donors (Lipinski definition) is 1. The van der Waals surface area contributed by atoms with Crippen LogP contribution in [0.15, 0.2) is 55.1 Å². The van der Waals surface area contributed by atoms with E-state index in [4.69, 9.17) is 0 Å². The minimum Gasteiger partial charge on any atom is -0.355 e. The van der Waals surface area contributed by atoms with Crippen molar-refractivity contribution in [1.29, 1.82) is 0 Å². The van der Waals surface area contributed by atoms with E-state index in [1.54, 1.807) is 6.92 Å². The number of carbonyl (C=O) groups is 1. The van der Waals surface area contributed by atoms with Gasteiger partial charge in [0, 0.05) is 17.8 Å². The summed E-state index contributed by atoms with van der Waals surface area (Å²) < 4.78 is 0. The molecule has 0 saturated heterocycles. The molecule has 0 amide bonds. The molecule has 0 aliphatic heterocycles. The Morgan fingerprint density at radius 1 is 0.812 bits per heavy atom. The number of hydrogen-bond acceptors (Lipinski definition) is 2. The van der Waals surface area contributed by atoms with Crippen molar-refractivity contribution >= 4 is 17.2 Å². The van der Waals surface area contributed by atoms with Gasteiger partial charge < -0.3 is 10.1 Å². The van der Waals surface area contributed by atoms with Crippen LogP contribution in [0.25, 0.3) is 5.70 Å². The van der Waals surface area contributed by atoms with E-state index in [1.807, 2.05) is 32.9 Å². The third-order valence-electron chi connectivity index (χ3n) is 4.30. The number of Topliss-reactive ketones (excluding diaryl/α,β-unsaturated/α-hetero) is 1. The van der Waals surface area contributed by atoms with Crippen LogP contribution in [-0.4, -0.2) is 5.78 Å². The number of nitrogens with one attached hydrogen (secondary N) is 1. The van der Waals surface area contributed by atoms with E-state index in [9.17, 15) is 4.79 Å². The molecule has 0 aliphatic carbocycles. The Balaban J connectivity index is -0.000000463. The second kappa shape index (κ2) is 24.9. The highest BCUT2D eigenvalue weighted by molar-refractivity contribution is 5.76. The van der Waals surface area contributed by atoms with Crippen molar-refractivity contribution in [2.75, 3.05) is 5.32 Å². The SMILES string of the molecule is C=C(Nc1ccccc1C)c1cccc(C)c1.CC.CCC(C)=O.CCCC.CCCC. The summed E-state index contributed by atoms with van der Waals surface area (Å²) in [5.74, 6) is 0.255. The Hall–Kier alpha value is -2.35. The zero-order chi connectivity index (χ0) is 25.4. The third kappa shape index (κ3) is 20.9. The molecule has 0 saturated carbocycles. The van der Waals surface area contributed by atoms with E-state index in [0.29, 0.717) is 6.42 Å². The van der Waals surface area contributed by atoms with Gasteiger partial charge in [0.15, 0.2) is 0 Å². The second-order valence-corrected chi connectivity index (χ2v) is 7.34. The maximum Gasteiger partial charge on any atom is 0.129 e. The Labute approximate surface area is 200 Å². The number of rotatable bonds is 6. The summed E-state index contributed by atoms with van der Waals surface area (Å²) in [5, 5.41) is 3.36. The molecule has 182 valence electrons. The highest BCUT2D eigenvalue weighted by atomic mass is 16.1. The summed E-state index contributed by atoms with van der Waals surface area (Å²) in [4.78, 5) is 9.81. The summed E-state index contributed by atoms with van der Waals surface area (Å²) in [7, 11) is 0. The molecule has 0 spiro atoms. The Bertz CT molecular complexity index is 695. The Morgan fingerprint density at radius 3 is 1.66 bits per heavy atom. The van der Waals surface area contributed by atoms with Gasteiger partial charge in [-0.2, -0.15) is 0 Å². The number of aryl methyl sites for hydroxylation is 2. The fraction of sp³-hybridized carbons (Fsp3) is 0.500.